The van der Waals surface area contributed by atoms with Crippen molar-refractivity contribution in [3.63, 3.8) is 0 Å². The molecule has 2 heteroatoms. The highest BCUT2D eigenvalue weighted by atomic mass is 16.5. The van der Waals surface area contributed by atoms with Crippen molar-refractivity contribution >= 4 is 5.97 Å². The van der Waals surface area contributed by atoms with Gasteiger partial charge >= 0.3 is 5.97 Å². The predicted octanol–water partition coefficient (Wildman–Crippen LogP) is 3.03. The van der Waals surface area contributed by atoms with Gasteiger partial charge in [-0.3, -0.25) is 4.79 Å². The molecule has 1 aliphatic carbocycles. The molecule has 0 spiro atoms. The summed E-state index contributed by atoms with van der Waals surface area (Å²) in [5.74, 6) is 0.604. The van der Waals surface area contributed by atoms with E-state index < -0.39 is 0 Å². The molecule has 1 rings (SSSR count). The van der Waals surface area contributed by atoms with Crippen LogP contribution in [0.15, 0.2) is 11.3 Å². The van der Waals surface area contributed by atoms with Crippen LogP contribution in [0, 0.1) is 5.41 Å². The van der Waals surface area contributed by atoms with Crippen LogP contribution in [0.3, 0.4) is 0 Å². The van der Waals surface area contributed by atoms with Gasteiger partial charge in [-0.15, -0.1) is 0 Å². The van der Waals surface area contributed by atoms with Gasteiger partial charge in [0.25, 0.3) is 0 Å². The first kappa shape index (κ1) is 10.3. The van der Waals surface area contributed by atoms with Crippen molar-refractivity contribution in [3.05, 3.63) is 11.3 Å². The Labute approximate surface area is 80.0 Å². The molecule has 0 heterocycles. The Bertz CT molecular complexity index is 249. The average molecular weight is 182 g/mol. The lowest BCUT2D eigenvalue weighted by molar-refractivity contribution is -0.136. The summed E-state index contributed by atoms with van der Waals surface area (Å²) in [5.41, 5.74) is 1.69. The SMILES string of the molecule is CC(=O)OC(C)=C1CCC(C)(C)C1. The molecule has 0 saturated heterocycles. The van der Waals surface area contributed by atoms with E-state index in [-0.39, 0.29) is 5.97 Å². The molecule has 1 fully saturated rings. The van der Waals surface area contributed by atoms with E-state index in [0.717, 1.165) is 18.6 Å². The first-order valence-electron chi connectivity index (χ1n) is 4.78. The quantitative estimate of drug-likeness (QED) is 0.460. The molecule has 13 heavy (non-hydrogen) atoms. The zero-order valence-corrected chi connectivity index (χ0v) is 8.94. The number of allylic oxidation sites excluding steroid dienone is 2. The molecule has 0 aromatic rings. The molecule has 0 unspecified atom stereocenters. The monoisotopic (exact) mass is 182 g/mol. The summed E-state index contributed by atoms with van der Waals surface area (Å²) in [4.78, 5) is 10.7. The van der Waals surface area contributed by atoms with Gasteiger partial charge in [0.15, 0.2) is 0 Å². The summed E-state index contributed by atoms with van der Waals surface area (Å²) < 4.78 is 5.07. The van der Waals surface area contributed by atoms with E-state index in [4.69, 9.17) is 4.74 Å². The minimum Gasteiger partial charge on any atom is -0.432 e. The lowest BCUT2D eigenvalue weighted by Crippen LogP contribution is -2.03. The second-order valence-corrected chi connectivity index (χ2v) is 4.59. The van der Waals surface area contributed by atoms with Gasteiger partial charge in [0.05, 0.1) is 0 Å². The molecule has 1 saturated carbocycles. The third-order valence-corrected chi connectivity index (χ3v) is 2.59. The van der Waals surface area contributed by atoms with Gasteiger partial charge in [-0.25, -0.2) is 0 Å². The van der Waals surface area contributed by atoms with Gasteiger partial charge in [-0.05, 0) is 37.2 Å². The van der Waals surface area contributed by atoms with Crippen molar-refractivity contribution in [2.45, 2.75) is 47.0 Å². The Hall–Kier alpha value is -0.790. The van der Waals surface area contributed by atoms with Gasteiger partial charge in [0, 0.05) is 6.92 Å². The highest BCUT2D eigenvalue weighted by Gasteiger charge is 2.28. The summed E-state index contributed by atoms with van der Waals surface area (Å²) in [7, 11) is 0. The third-order valence-electron chi connectivity index (χ3n) is 2.59. The zero-order valence-electron chi connectivity index (χ0n) is 8.94. The lowest BCUT2D eigenvalue weighted by atomic mass is 9.91. The van der Waals surface area contributed by atoms with Gasteiger partial charge < -0.3 is 4.74 Å². The van der Waals surface area contributed by atoms with Gasteiger partial charge in [-0.2, -0.15) is 0 Å². The van der Waals surface area contributed by atoms with Crippen molar-refractivity contribution in [2.24, 2.45) is 5.41 Å². The molecule has 0 aliphatic heterocycles. The standard InChI is InChI=1S/C11H18O2/c1-8(13-9(2)12)10-5-6-11(3,4)7-10/h5-7H2,1-4H3. The number of hydrogen-bond donors (Lipinski definition) is 0. The van der Waals surface area contributed by atoms with E-state index in [9.17, 15) is 4.79 Å². The Morgan fingerprint density at radius 3 is 2.38 bits per heavy atom. The number of esters is 1. The second-order valence-electron chi connectivity index (χ2n) is 4.59. The molecule has 0 aromatic heterocycles. The maximum Gasteiger partial charge on any atom is 0.307 e. The minimum absolute atomic E-state index is 0.213. The van der Waals surface area contributed by atoms with Crippen LogP contribution in [-0.2, 0) is 9.53 Å². The number of carbonyl (C=O) groups is 1. The Balaban J connectivity index is 2.67. The third kappa shape index (κ3) is 2.87. The fourth-order valence-electron chi connectivity index (χ4n) is 1.83. The van der Waals surface area contributed by atoms with E-state index in [1.807, 2.05) is 6.92 Å². The molecule has 74 valence electrons. The molecule has 1 aliphatic rings. The Morgan fingerprint density at radius 2 is 2.00 bits per heavy atom. The van der Waals surface area contributed by atoms with E-state index in [2.05, 4.69) is 13.8 Å². The lowest BCUT2D eigenvalue weighted by Gasteiger charge is -2.14. The van der Waals surface area contributed by atoms with Crippen molar-refractivity contribution < 1.29 is 9.53 Å². The molecule has 0 aromatic carbocycles. The highest BCUT2D eigenvalue weighted by Crippen LogP contribution is 2.41. The van der Waals surface area contributed by atoms with E-state index in [0.29, 0.717) is 5.41 Å². The topological polar surface area (TPSA) is 26.3 Å². The smallest absolute Gasteiger partial charge is 0.307 e. The summed E-state index contributed by atoms with van der Waals surface area (Å²) >= 11 is 0. The first-order chi connectivity index (χ1) is 5.91. The molecular formula is C11H18O2. The normalized spacial score (nSPS) is 24.3. The van der Waals surface area contributed by atoms with Crippen LogP contribution in [0.5, 0.6) is 0 Å². The van der Waals surface area contributed by atoms with Crippen molar-refractivity contribution in [3.8, 4) is 0 Å². The van der Waals surface area contributed by atoms with Crippen molar-refractivity contribution in [1.29, 1.82) is 0 Å². The van der Waals surface area contributed by atoms with Crippen LogP contribution in [0.1, 0.15) is 47.0 Å². The van der Waals surface area contributed by atoms with E-state index in [1.165, 1.54) is 18.9 Å². The average Bonchev–Trinajstić information content (AvgIpc) is 2.28. The Kier molecular flexibility index (Phi) is 2.79. The van der Waals surface area contributed by atoms with Gasteiger partial charge in [0.1, 0.15) is 5.76 Å². The largest absolute Gasteiger partial charge is 0.432 e. The number of rotatable bonds is 1. The zero-order chi connectivity index (χ0) is 10.1. The maximum atomic E-state index is 10.7. The predicted molar refractivity (Wildman–Crippen MR) is 52.1 cm³/mol. The van der Waals surface area contributed by atoms with Crippen LogP contribution in [0.2, 0.25) is 0 Å². The number of carbonyl (C=O) groups excluding carboxylic acids is 1. The first-order valence-corrected chi connectivity index (χ1v) is 4.78. The highest BCUT2D eigenvalue weighted by molar-refractivity contribution is 5.67. The van der Waals surface area contributed by atoms with Crippen LogP contribution >= 0.6 is 0 Å². The summed E-state index contributed by atoms with van der Waals surface area (Å²) in [6.07, 6.45) is 3.33. The molecule has 0 amide bonds. The fraction of sp³-hybridized carbons (Fsp3) is 0.727. The summed E-state index contributed by atoms with van der Waals surface area (Å²) in [6, 6.07) is 0. The van der Waals surface area contributed by atoms with E-state index in [1.54, 1.807) is 0 Å². The molecule has 0 atom stereocenters. The van der Waals surface area contributed by atoms with Gasteiger partial charge in [0.2, 0.25) is 0 Å². The summed E-state index contributed by atoms with van der Waals surface area (Å²) in [5, 5.41) is 0. The van der Waals surface area contributed by atoms with E-state index >= 15 is 0 Å². The molecule has 0 radical (unpaired) electrons. The molecule has 2 nitrogen and oxygen atoms in total. The van der Waals surface area contributed by atoms with Crippen molar-refractivity contribution in [1.82, 2.24) is 0 Å². The minimum atomic E-state index is -0.213. The fourth-order valence-corrected chi connectivity index (χ4v) is 1.83. The van der Waals surface area contributed by atoms with Crippen LogP contribution in [0.25, 0.3) is 0 Å². The number of hydrogen-bond acceptors (Lipinski definition) is 2. The molecule has 0 N–H and O–H groups in total. The number of ether oxygens (including phenoxy) is 1. The van der Waals surface area contributed by atoms with Gasteiger partial charge in [-0.1, -0.05) is 13.8 Å². The maximum absolute atomic E-state index is 10.7. The Morgan fingerprint density at radius 1 is 1.38 bits per heavy atom. The van der Waals surface area contributed by atoms with Crippen LogP contribution < -0.4 is 0 Å². The molecular weight excluding hydrogens is 164 g/mol. The van der Waals surface area contributed by atoms with Crippen LogP contribution in [-0.4, -0.2) is 5.97 Å². The van der Waals surface area contributed by atoms with Crippen LogP contribution in [0.4, 0.5) is 0 Å². The van der Waals surface area contributed by atoms with Crippen molar-refractivity contribution in [2.75, 3.05) is 0 Å². The molecule has 0 bridgehead atoms. The second kappa shape index (κ2) is 3.52. The summed E-state index contributed by atoms with van der Waals surface area (Å²) in [6.45, 7) is 7.84.